The van der Waals surface area contributed by atoms with E-state index in [-0.39, 0.29) is 5.91 Å². The van der Waals surface area contributed by atoms with Crippen LogP contribution in [0.1, 0.15) is 10.4 Å². The highest BCUT2D eigenvalue weighted by molar-refractivity contribution is 7.85. The van der Waals surface area contributed by atoms with Gasteiger partial charge in [0.15, 0.2) is 0 Å². The van der Waals surface area contributed by atoms with E-state index in [1.54, 1.807) is 17.0 Å². The number of rotatable bonds is 2. The summed E-state index contributed by atoms with van der Waals surface area (Å²) in [6.07, 6.45) is 0. The van der Waals surface area contributed by atoms with Crippen molar-refractivity contribution in [2.24, 2.45) is 0 Å². The Morgan fingerprint density at radius 2 is 1.95 bits per heavy atom. The molecule has 0 aromatic heterocycles. The molecule has 0 atom stereocenters. The van der Waals surface area contributed by atoms with E-state index in [0.717, 1.165) is 5.69 Å². The molecule has 1 aromatic rings. The lowest BCUT2D eigenvalue weighted by Crippen LogP contribution is -2.41. The molecular formula is C13H19N3O2S. The molecule has 0 radical (unpaired) electrons. The molecule has 19 heavy (non-hydrogen) atoms. The Bertz CT molecular complexity index is 507. The number of nitrogens with two attached hydrogens (primary N) is 1. The van der Waals surface area contributed by atoms with Crippen molar-refractivity contribution in [3.05, 3.63) is 23.8 Å². The smallest absolute Gasteiger partial charge is 0.253 e. The Hall–Kier alpha value is -1.56. The molecule has 1 amide bonds. The minimum atomic E-state index is -0.773. The Morgan fingerprint density at radius 1 is 1.32 bits per heavy atom. The largest absolute Gasteiger partial charge is 0.397 e. The molecule has 1 fully saturated rings. The minimum absolute atomic E-state index is 0.0336. The third-order valence-corrected chi connectivity index (χ3v) is 4.50. The van der Waals surface area contributed by atoms with E-state index in [4.69, 9.17) is 5.73 Å². The highest BCUT2D eigenvalue weighted by Crippen LogP contribution is 2.23. The van der Waals surface area contributed by atoms with Gasteiger partial charge in [-0.25, -0.2) is 0 Å². The van der Waals surface area contributed by atoms with Crippen LogP contribution in [-0.4, -0.2) is 53.7 Å². The fourth-order valence-corrected chi connectivity index (χ4v) is 3.17. The van der Waals surface area contributed by atoms with E-state index in [1.807, 2.05) is 25.1 Å². The van der Waals surface area contributed by atoms with Gasteiger partial charge in [0.1, 0.15) is 0 Å². The van der Waals surface area contributed by atoms with E-state index >= 15 is 0 Å². The monoisotopic (exact) mass is 281 g/mol. The highest BCUT2D eigenvalue weighted by Gasteiger charge is 2.21. The first kappa shape index (κ1) is 13.9. The van der Waals surface area contributed by atoms with Crippen molar-refractivity contribution in [3.8, 4) is 0 Å². The van der Waals surface area contributed by atoms with Crippen molar-refractivity contribution in [2.45, 2.75) is 0 Å². The number of nitrogen functional groups attached to an aromatic ring is 1. The molecule has 1 aliphatic rings. The number of amides is 1. The lowest BCUT2D eigenvalue weighted by Gasteiger charge is -2.26. The molecule has 104 valence electrons. The Morgan fingerprint density at radius 3 is 2.47 bits per heavy atom. The van der Waals surface area contributed by atoms with Crippen LogP contribution in [0.25, 0.3) is 0 Å². The summed E-state index contributed by atoms with van der Waals surface area (Å²) in [5.41, 5.74) is 8.04. The first-order chi connectivity index (χ1) is 8.99. The van der Waals surface area contributed by atoms with Gasteiger partial charge in [-0.2, -0.15) is 0 Å². The molecule has 1 aromatic carbocycles. The van der Waals surface area contributed by atoms with Gasteiger partial charge in [-0.05, 0) is 18.2 Å². The van der Waals surface area contributed by atoms with Gasteiger partial charge < -0.3 is 15.5 Å². The highest BCUT2D eigenvalue weighted by atomic mass is 32.2. The lowest BCUT2D eigenvalue weighted by molar-refractivity contribution is 0.0771. The summed E-state index contributed by atoms with van der Waals surface area (Å²) in [4.78, 5) is 15.9. The van der Waals surface area contributed by atoms with E-state index in [0.29, 0.717) is 35.8 Å². The summed E-state index contributed by atoms with van der Waals surface area (Å²) >= 11 is 0. The van der Waals surface area contributed by atoms with Crippen LogP contribution in [-0.2, 0) is 10.8 Å². The molecule has 6 heteroatoms. The predicted molar refractivity (Wildman–Crippen MR) is 79.0 cm³/mol. The van der Waals surface area contributed by atoms with Crippen LogP contribution in [0.5, 0.6) is 0 Å². The fourth-order valence-electron chi connectivity index (χ4n) is 2.12. The summed E-state index contributed by atoms with van der Waals surface area (Å²) in [5.74, 6) is 1.10. The number of carbonyl (C=O) groups excluding carboxylic acids is 1. The molecular weight excluding hydrogens is 262 g/mol. The molecule has 0 spiro atoms. The second-order valence-corrected chi connectivity index (χ2v) is 6.50. The Balaban J connectivity index is 2.15. The molecule has 0 unspecified atom stereocenters. The average molecular weight is 281 g/mol. The van der Waals surface area contributed by atoms with Gasteiger partial charge in [0.25, 0.3) is 5.91 Å². The van der Waals surface area contributed by atoms with Crippen molar-refractivity contribution in [1.82, 2.24) is 4.90 Å². The summed E-state index contributed by atoms with van der Waals surface area (Å²) in [6, 6.07) is 5.35. The number of nitrogens with zero attached hydrogens (tertiary/aromatic N) is 2. The Kier molecular flexibility index (Phi) is 4.09. The van der Waals surface area contributed by atoms with E-state index < -0.39 is 10.8 Å². The van der Waals surface area contributed by atoms with E-state index in [1.165, 1.54) is 0 Å². The number of anilines is 2. The molecule has 2 rings (SSSR count). The second kappa shape index (κ2) is 5.61. The van der Waals surface area contributed by atoms with Gasteiger partial charge in [0.05, 0.1) is 11.4 Å². The standard InChI is InChI=1S/C13H19N3O2S/c1-15(2)12-4-3-10(9-11(12)14)13(17)16-5-7-19(18)8-6-16/h3-4,9H,5-8,14H2,1-2H3. The van der Waals surface area contributed by atoms with E-state index in [2.05, 4.69) is 0 Å². The van der Waals surface area contributed by atoms with Crippen molar-refractivity contribution in [1.29, 1.82) is 0 Å². The molecule has 0 saturated carbocycles. The zero-order valence-electron chi connectivity index (χ0n) is 11.3. The van der Waals surface area contributed by atoms with Crippen LogP contribution in [0.3, 0.4) is 0 Å². The predicted octanol–water partition coefficient (Wildman–Crippen LogP) is 0.539. The number of hydrogen-bond acceptors (Lipinski definition) is 4. The zero-order valence-corrected chi connectivity index (χ0v) is 12.1. The molecule has 1 heterocycles. The van der Waals surface area contributed by atoms with Crippen LogP contribution in [0, 0.1) is 0 Å². The lowest BCUT2D eigenvalue weighted by atomic mass is 10.1. The SMILES string of the molecule is CN(C)c1ccc(C(=O)N2CCS(=O)CC2)cc1N. The summed E-state index contributed by atoms with van der Waals surface area (Å²) in [6.45, 7) is 1.11. The first-order valence-corrected chi connectivity index (χ1v) is 7.69. The van der Waals surface area contributed by atoms with Crippen LogP contribution < -0.4 is 10.6 Å². The summed E-state index contributed by atoms with van der Waals surface area (Å²) in [7, 11) is 3.05. The van der Waals surface area contributed by atoms with Crippen LogP contribution in [0.2, 0.25) is 0 Å². The molecule has 1 aliphatic heterocycles. The fraction of sp³-hybridized carbons (Fsp3) is 0.462. The first-order valence-electron chi connectivity index (χ1n) is 6.20. The van der Waals surface area contributed by atoms with Crippen molar-refractivity contribution in [3.63, 3.8) is 0 Å². The number of carbonyl (C=O) groups is 1. The van der Waals surface area contributed by atoms with Crippen LogP contribution in [0.4, 0.5) is 11.4 Å². The van der Waals surface area contributed by atoms with Gasteiger partial charge in [-0.15, -0.1) is 0 Å². The van der Waals surface area contributed by atoms with Gasteiger partial charge in [-0.1, -0.05) is 0 Å². The number of benzene rings is 1. The maximum atomic E-state index is 12.3. The average Bonchev–Trinajstić information content (AvgIpc) is 2.38. The van der Waals surface area contributed by atoms with Crippen LogP contribution >= 0.6 is 0 Å². The third kappa shape index (κ3) is 3.07. The van der Waals surface area contributed by atoms with Crippen LogP contribution in [0.15, 0.2) is 18.2 Å². The molecule has 0 bridgehead atoms. The second-order valence-electron chi connectivity index (χ2n) is 4.81. The van der Waals surface area contributed by atoms with Crippen molar-refractivity contribution < 1.29 is 9.00 Å². The van der Waals surface area contributed by atoms with Crippen molar-refractivity contribution >= 4 is 28.1 Å². The van der Waals surface area contributed by atoms with Gasteiger partial charge in [-0.3, -0.25) is 9.00 Å². The molecule has 2 N–H and O–H groups in total. The molecule has 1 saturated heterocycles. The maximum Gasteiger partial charge on any atom is 0.253 e. The summed E-state index contributed by atoms with van der Waals surface area (Å²) < 4.78 is 11.3. The van der Waals surface area contributed by atoms with Gasteiger partial charge in [0, 0.05) is 55.1 Å². The van der Waals surface area contributed by atoms with E-state index in [9.17, 15) is 9.00 Å². The quantitative estimate of drug-likeness (QED) is 0.804. The molecule has 0 aliphatic carbocycles. The third-order valence-electron chi connectivity index (χ3n) is 3.22. The number of hydrogen-bond donors (Lipinski definition) is 1. The normalized spacial score (nSPS) is 16.4. The summed E-state index contributed by atoms with van der Waals surface area (Å²) in [5, 5.41) is 0. The topological polar surface area (TPSA) is 66.6 Å². The maximum absolute atomic E-state index is 12.3. The zero-order chi connectivity index (χ0) is 14.0. The van der Waals surface area contributed by atoms with Gasteiger partial charge >= 0.3 is 0 Å². The Labute approximate surface area is 115 Å². The minimum Gasteiger partial charge on any atom is -0.397 e. The molecule has 5 nitrogen and oxygen atoms in total. The van der Waals surface area contributed by atoms with Crippen molar-refractivity contribution in [2.75, 3.05) is 49.3 Å². The van der Waals surface area contributed by atoms with Gasteiger partial charge in [0.2, 0.25) is 0 Å².